The zero-order chi connectivity index (χ0) is 24.0. The van der Waals surface area contributed by atoms with Crippen LogP contribution in [0.1, 0.15) is 23.8 Å². The summed E-state index contributed by atoms with van der Waals surface area (Å²) >= 11 is 0. The molecule has 3 N–H and O–H groups in total. The van der Waals surface area contributed by atoms with E-state index in [9.17, 15) is 24.5 Å². The fraction of sp³-hybridized carbons (Fsp3) is 0.238. The molecule has 1 unspecified atom stereocenters. The maximum Gasteiger partial charge on any atom is 0.308 e. The van der Waals surface area contributed by atoms with E-state index in [0.29, 0.717) is 10.9 Å². The van der Waals surface area contributed by atoms with Gasteiger partial charge in [0.15, 0.2) is 11.8 Å². The fourth-order valence-electron chi connectivity index (χ4n) is 2.94. The van der Waals surface area contributed by atoms with Crippen LogP contribution in [0.2, 0.25) is 0 Å². The third-order valence-electron chi connectivity index (χ3n) is 4.64. The number of fused-ring (bicyclic) bond motifs is 1. The number of aromatic amines is 1. The Kier molecular flexibility index (Phi) is 7.18. The minimum atomic E-state index is -1.22. The monoisotopic (exact) mass is 455 g/mol. The highest BCUT2D eigenvalue weighted by atomic mass is 16.6. The molecule has 0 radical (unpaired) electrons. The maximum atomic E-state index is 12.3. The number of methoxy groups -OCH3 is 1. The van der Waals surface area contributed by atoms with Gasteiger partial charge in [-0.1, -0.05) is 18.2 Å². The van der Waals surface area contributed by atoms with Crippen molar-refractivity contribution < 1.29 is 28.8 Å². The van der Waals surface area contributed by atoms with Crippen molar-refractivity contribution in [3.05, 3.63) is 58.3 Å². The van der Waals surface area contributed by atoms with Gasteiger partial charge in [-0.15, -0.1) is 0 Å². The number of anilines is 1. The van der Waals surface area contributed by atoms with Crippen molar-refractivity contribution >= 4 is 40.1 Å². The summed E-state index contributed by atoms with van der Waals surface area (Å²) in [5.74, 6) is -1.68. The van der Waals surface area contributed by atoms with E-state index in [2.05, 4.69) is 20.8 Å². The molecule has 0 aliphatic rings. The van der Waals surface area contributed by atoms with Crippen molar-refractivity contribution in [2.75, 3.05) is 19.0 Å². The van der Waals surface area contributed by atoms with Crippen LogP contribution in [0.4, 0.5) is 11.4 Å². The van der Waals surface area contributed by atoms with Crippen LogP contribution in [-0.4, -0.2) is 52.7 Å². The number of hydrogen-bond acceptors (Lipinski definition) is 8. The lowest BCUT2D eigenvalue weighted by atomic mass is 10.2. The highest BCUT2D eigenvalue weighted by Gasteiger charge is 2.23. The van der Waals surface area contributed by atoms with Gasteiger partial charge in [0.2, 0.25) is 0 Å². The van der Waals surface area contributed by atoms with Crippen molar-refractivity contribution in [2.45, 2.75) is 19.4 Å². The van der Waals surface area contributed by atoms with Crippen LogP contribution >= 0.6 is 0 Å². The van der Waals surface area contributed by atoms with Crippen LogP contribution in [0.5, 0.6) is 5.75 Å². The van der Waals surface area contributed by atoms with Crippen LogP contribution in [0, 0.1) is 10.1 Å². The quantitative estimate of drug-likeness (QED) is 0.251. The average molecular weight is 455 g/mol. The minimum Gasteiger partial charge on any atom is -0.496 e. The summed E-state index contributed by atoms with van der Waals surface area (Å²) in [6, 6.07) is 11.0. The number of hydrogen-bond donors (Lipinski definition) is 3. The number of ether oxygens (including phenoxy) is 2. The minimum absolute atomic E-state index is 0.0306. The van der Waals surface area contributed by atoms with Gasteiger partial charge in [-0.2, -0.15) is 5.10 Å². The lowest BCUT2D eigenvalue weighted by Gasteiger charge is -2.14. The first kappa shape index (κ1) is 23.2. The first-order valence-electron chi connectivity index (χ1n) is 9.84. The lowest BCUT2D eigenvalue weighted by Crippen LogP contribution is -2.32. The summed E-state index contributed by atoms with van der Waals surface area (Å²) in [5.41, 5.74) is 0.480. The number of nitro benzene ring substituents is 1. The molecular weight excluding hydrogens is 434 g/mol. The van der Waals surface area contributed by atoms with E-state index < -0.39 is 28.8 Å². The zero-order valence-electron chi connectivity index (χ0n) is 17.8. The molecule has 3 aromatic rings. The highest BCUT2D eigenvalue weighted by molar-refractivity contribution is 6.04. The van der Waals surface area contributed by atoms with Gasteiger partial charge in [-0.25, -0.2) is 0 Å². The molecule has 12 heteroatoms. The number of nitrogens with zero attached hydrogens (tertiary/aromatic N) is 2. The number of carbonyl (C=O) groups is 3. The second-order valence-corrected chi connectivity index (χ2v) is 6.89. The van der Waals surface area contributed by atoms with Gasteiger partial charge < -0.3 is 20.1 Å². The molecule has 0 fully saturated rings. The number of carbonyl (C=O) groups excluding carboxylic acids is 3. The topological polar surface area (TPSA) is 166 Å². The first-order chi connectivity index (χ1) is 15.8. The second-order valence-electron chi connectivity index (χ2n) is 6.89. The van der Waals surface area contributed by atoms with Crippen molar-refractivity contribution in [3.8, 4) is 5.75 Å². The Labute approximate surface area is 187 Å². The normalized spacial score (nSPS) is 11.5. The number of rotatable bonds is 9. The number of nitrogens with one attached hydrogen (secondary N) is 3. The molecule has 0 aliphatic heterocycles. The molecule has 1 aromatic heterocycles. The highest BCUT2D eigenvalue weighted by Crippen LogP contribution is 2.29. The molecule has 1 atom stereocenters. The van der Waals surface area contributed by atoms with Crippen LogP contribution in [0.3, 0.4) is 0 Å². The number of aromatic nitrogens is 2. The third-order valence-corrected chi connectivity index (χ3v) is 4.64. The Bertz CT molecular complexity index is 1210. The van der Waals surface area contributed by atoms with Gasteiger partial charge in [0.05, 0.1) is 30.0 Å². The van der Waals surface area contributed by atoms with Gasteiger partial charge in [0.25, 0.3) is 17.5 Å². The summed E-state index contributed by atoms with van der Waals surface area (Å²) in [6.45, 7) is 1.30. The van der Waals surface area contributed by atoms with Crippen LogP contribution < -0.4 is 15.4 Å². The number of esters is 1. The van der Waals surface area contributed by atoms with E-state index in [4.69, 9.17) is 9.47 Å². The Balaban J connectivity index is 1.50. The van der Waals surface area contributed by atoms with E-state index in [1.165, 1.54) is 26.2 Å². The SMILES string of the molecule is COc1ccc(NC(=O)C(C)OC(=O)CCNC(=O)c2n[nH]c3ccccc23)c([N+](=O)[O-])c1. The molecule has 0 aliphatic carbocycles. The molecule has 172 valence electrons. The van der Waals surface area contributed by atoms with Gasteiger partial charge in [0, 0.05) is 11.9 Å². The molecule has 0 saturated heterocycles. The Morgan fingerprint density at radius 1 is 1.21 bits per heavy atom. The van der Waals surface area contributed by atoms with E-state index >= 15 is 0 Å². The summed E-state index contributed by atoms with van der Waals surface area (Å²) in [5, 5.41) is 23.5. The van der Waals surface area contributed by atoms with Crippen molar-refractivity contribution in [2.24, 2.45) is 0 Å². The van der Waals surface area contributed by atoms with Crippen molar-refractivity contribution in [1.82, 2.24) is 15.5 Å². The summed E-state index contributed by atoms with van der Waals surface area (Å²) in [4.78, 5) is 47.2. The number of amides is 2. The third kappa shape index (κ3) is 5.61. The van der Waals surface area contributed by atoms with Crippen molar-refractivity contribution in [1.29, 1.82) is 0 Å². The largest absolute Gasteiger partial charge is 0.496 e. The number of benzene rings is 2. The van der Waals surface area contributed by atoms with Crippen LogP contribution in [-0.2, 0) is 14.3 Å². The summed E-state index contributed by atoms with van der Waals surface area (Å²) < 4.78 is 10.00. The number of H-pyrrole nitrogens is 1. The Hall–Kier alpha value is -4.48. The molecule has 2 aromatic carbocycles. The molecule has 3 rings (SSSR count). The first-order valence-corrected chi connectivity index (χ1v) is 9.84. The van der Waals surface area contributed by atoms with E-state index in [1.807, 2.05) is 6.07 Å². The molecule has 1 heterocycles. The van der Waals surface area contributed by atoms with Crippen LogP contribution in [0.25, 0.3) is 10.9 Å². The van der Waals surface area contributed by atoms with Gasteiger partial charge >= 0.3 is 5.97 Å². The summed E-state index contributed by atoms with van der Waals surface area (Å²) in [7, 11) is 1.36. The van der Waals surface area contributed by atoms with E-state index in [0.717, 1.165) is 6.07 Å². The predicted molar refractivity (Wildman–Crippen MR) is 117 cm³/mol. The zero-order valence-corrected chi connectivity index (χ0v) is 17.8. The average Bonchev–Trinajstić information content (AvgIpc) is 3.23. The van der Waals surface area contributed by atoms with Gasteiger partial charge in [-0.3, -0.25) is 29.6 Å². The lowest BCUT2D eigenvalue weighted by molar-refractivity contribution is -0.384. The maximum absolute atomic E-state index is 12.3. The second kappa shape index (κ2) is 10.2. The Morgan fingerprint density at radius 2 is 1.97 bits per heavy atom. The molecule has 12 nitrogen and oxygen atoms in total. The molecule has 2 amide bonds. The number of para-hydroxylation sites is 1. The van der Waals surface area contributed by atoms with Gasteiger partial charge in [-0.05, 0) is 25.1 Å². The fourth-order valence-corrected chi connectivity index (χ4v) is 2.94. The standard InChI is InChI=1S/C21H21N5O7/c1-12(20(28)23-16-8-7-13(32-2)11-17(16)26(30)31)33-18(27)9-10-22-21(29)19-14-5-3-4-6-15(14)24-25-19/h3-8,11-12H,9-10H2,1-2H3,(H,22,29)(H,23,28)(H,24,25). The summed E-state index contributed by atoms with van der Waals surface area (Å²) in [6.07, 6.45) is -1.40. The Morgan fingerprint density at radius 3 is 2.70 bits per heavy atom. The van der Waals surface area contributed by atoms with Gasteiger partial charge in [0.1, 0.15) is 11.4 Å². The number of nitro groups is 1. The van der Waals surface area contributed by atoms with E-state index in [1.54, 1.807) is 18.2 Å². The molecule has 33 heavy (non-hydrogen) atoms. The molecule has 0 saturated carbocycles. The van der Waals surface area contributed by atoms with E-state index in [-0.39, 0.29) is 35.8 Å². The van der Waals surface area contributed by atoms with Crippen LogP contribution in [0.15, 0.2) is 42.5 Å². The molecular formula is C21H21N5O7. The van der Waals surface area contributed by atoms with Crippen molar-refractivity contribution in [3.63, 3.8) is 0 Å². The molecule has 0 spiro atoms. The smallest absolute Gasteiger partial charge is 0.308 e. The predicted octanol–water partition coefficient (Wildman–Crippen LogP) is 2.17. The molecule has 0 bridgehead atoms.